The van der Waals surface area contributed by atoms with Crippen LogP contribution >= 0.6 is 27.5 Å². The summed E-state index contributed by atoms with van der Waals surface area (Å²) in [5, 5.41) is -0.981. The van der Waals surface area contributed by atoms with Gasteiger partial charge in [-0.2, -0.15) is 13.2 Å². The molecule has 102 valence electrons. The minimum Gasteiger partial charge on any atom is -0.387 e. The van der Waals surface area contributed by atoms with Gasteiger partial charge in [0.2, 0.25) is 5.88 Å². The molecule has 1 aromatic rings. The average Bonchev–Trinajstić information content (AvgIpc) is 2.11. The van der Waals surface area contributed by atoms with Gasteiger partial charge in [0, 0.05) is 5.33 Å². The smallest absolute Gasteiger partial charge is 0.387 e. The molecule has 1 aromatic heterocycles. The lowest BCUT2D eigenvalue weighted by Gasteiger charge is -2.16. The molecule has 0 spiro atoms. The van der Waals surface area contributed by atoms with Crippen LogP contribution in [0.4, 0.5) is 26.3 Å². The molecule has 0 aromatic carbocycles. The highest BCUT2D eigenvalue weighted by atomic mass is 79.9. The zero-order valence-electron chi connectivity index (χ0n) is 8.16. The topological polar surface area (TPSA) is 22.1 Å². The summed E-state index contributed by atoms with van der Waals surface area (Å²) in [7, 11) is 0. The molecule has 0 radical (unpaired) electrons. The molecule has 2 nitrogen and oxygen atoms in total. The lowest BCUT2D eigenvalue weighted by Crippen LogP contribution is -2.21. The van der Waals surface area contributed by atoms with Crippen molar-refractivity contribution in [1.29, 1.82) is 0 Å². The van der Waals surface area contributed by atoms with E-state index >= 15 is 0 Å². The number of pyridine rings is 1. The van der Waals surface area contributed by atoms with Crippen LogP contribution in [-0.4, -0.2) is 11.3 Å². The van der Waals surface area contributed by atoms with Gasteiger partial charge in [-0.05, 0) is 6.07 Å². The molecule has 1 rings (SSSR count). The van der Waals surface area contributed by atoms with Crippen molar-refractivity contribution in [3.63, 3.8) is 0 Å². The van der Waals surface area contributed by atoms with Gasteiger partial charge in [0.15, 0.2) is 0 Å². The van der Waals surface area contributed by atoms with Crippen molar-refractivity contribution in [3.8, 4) is 5.88 Å². The molecular formula is C8H3BrClF6NO. The molecule has 0 bridgehead atoms. The van der Waals surface area contributed by atoms with Gasteiger partial charge >= 0.3 is 12.5 Å². The van der Waals surface area contributed by atoms with Crippen molar-refractivity contribution in [3.05, 3.63) is 22.3 Å². The highest BCUT2D eigenvalue weighted by Crippen LogP contribution is 2.42. The zero-order valence-corrected chi connectivity index (χ0v) is 10.5. The van der Waals surface area contributed by atoms with Crippen LogP contribution in [0.1, 0.15) is 11.3 Å². The van der Waals surface area contributed by atoms with E-state index in [1.54, 1.807) is 0 Å². The van der Waals surface area contributed by atoms with Crippen LogP contribution in [0.2, 0.25) is 5.02 Å². The van der Waals surface area contributed by atoms with E-state index in [0.29, 0.717) is 0 Å². The molecule has 0 aliphatic carbocycles. The molecule has 0 aliphatic rings. The fourth-order valence-corrected chi connectivity index (χ4v) is 1.65. The Balaban J connectivity index is 3.39. The highest BCUT2D eigenvalue weighted by molar-refractivity contribution is 9.08. The maximum atomic E-state index is 12.5. The molecule has 10 heteroatoms. The summed E-state index contributed by atoms with van der Waals surface area (Å²) in [5.74, 6) is -1.61. The van der Waals surface area contributed by atoms with Crippen molar-refractivity contribution in [1.82, 2.24) is 4.98 Å². The van der Waals surface area contributed by atoms with E-state index in [2.05, 4.69) is 25.7 Å². The van der Waals surface area contributed by atoms with Gasteiger partial charge in [0.05, 0.1) is 10.7 Å². The van der Waals surface area contributed by atoms with Crippen molar-refractivity contribution >= 4 is 27.5 Å². The van der Waals surface area contributed by atoms with Gasteiger partial charge in [0.25, 0.3) is 0 Å². The zero-order chi connectivity index (χ0) is 14.1. The monoisotopic (exact) mass is 357 g/mol. The molecule has 18 heavy (non-hydrogen) atoms. The fourth-order valence-electron chi connectivity index (χ4n) is 1.05. The molecule has 0 N–H and O–H groups in total. The van der Waals surface area contributed by atoms with Crippen molar-refractivity contribution in [2.45, 2.75) is 17.9 Å². The van der Waals surface area contributed by atoms with Crippen LogP contribution in [0.3, 0.4) is 0 Å². The van der Waals surface area contributed by atoms with E-state index in [-0.39, 0.29) is 11.0 Å². The average molecular weight is 358 g/mol. The first-order chi connectivity index (χ1) is 8.04. The largest absolute Gasteiger partial charge is 0.574 e. The van der Waals surface area contributed by atoms with E-state index in [0.717, 1.165) is 6.07 Å². The van der Waals surface area contributed by atoms with Gasteiger partial charge in [0.1, 0.15) is 5.56 Å². The van der Waals surface area contributed by atoms with E-state index in [1.165, 1.54) is 0 Å². The van der Waals surface area contributed by atoms with Crippen LogP contribution in [0.5, 0.6) is 5.88 Å². The number of hydrogen-bond acceptors (Lipinski definition) is 2. The summed E-state index contributed by atoms with van der Waals surface area (Å²) in [5.41, 5.74) is -1.88. The normalized spacial score (nSPS) is 12.7. The summed E-state index contributed by atoms with van der Waals surface area (Å²) < 4.78 is 76.8. The van der Waals surface area contributed by atoms with E-state index in [4.69, 9.17) is 11.6 Å². The van der Waals surface area contributed by atoms with Gasteiger partial charge in [-0.3, -0.25) is 0 Å². The Morgan fingerprint density at radius 2 is 1.78 bits per heavy atom. The van der Waals surface area contributed by atoms with E-state index in [1.807, 2.05) is 0 Å². The maximum Gasteiger partial charge on any atom is 0.574 e. The number of halogens is 8. The molecular weight excluding hydrogens is 355 g/mol. The minimum atomic E-state index is -5.29. The predicted octanol–water partition coefficient (Wildman–Crippen LogP) is 4.55. The van der Waals surface area contributed by atoms with Crippen LogP contribution in [0, 0.1) is 0 Å². The minimum absolute atomic E-state index is 0.0704. The van der Waals surface area contributed by atoms with E-state index in [9.17, 15) is 26.3 Å². The Bertz CT molecular complexity index is 446. The quantitative estimate of drug-likeness (QED) is 0.572. The summed E-state index contributed by atoms with van der Waals surface area (Å²) in [6.45, 7) is 0. The maximum absolute atomic E-state index is 12.5. The Hall–Kier alpha value is -0.700. The van der Waals surface area contributed by atoms with Crippen molar-refractivity contribution in [2.75, 3.05) is 0 Å². The second kappa shape index (κ2) is 5.12. The summed E-state index contributed by atoms with van der Waals surface area (Å²) in [6, 6.07) is 0.808. The molecule has 0 atom stereocenters. The van der Waals surface area contributed by atoms with Crippen molar-refractivity contribution < 1.29 is 31.1 Å². The van der Waals surface area contributed by atoms with Crippen LogP contribution in [0.25, 0.3) is 0 Å². The molecule has 0 saturated heterocycles. The number of alkyl halides is 7. The second-order valence-electron chi connectivity index (χ2n) is 2.95. The lowest BCUT2D eigenvalue weighted by atomic mass is 10.2. The number of hydrogen-bond donors (Lipinski definition) is 0. The SMILES string of the molecule is FC(F)(F)Oc1nc(CBr)cc(Cl)c1C(F)(F)F. The first kappa shape index (κ1) is 15.4. The number of ether oxygens (including phenoxy) is 1. The van der Waals surface area contributed by atoms with E-state index < -0.39 is 29.0 Å². The summed E-state index contributed by atoms with van der Waals surface area (Å²) in [6.07, 6.45) is -10.4. The Kier molecular flexibility index (Phi) is 4.37. The Morgan fingerprint density at radius 3 is 2.17 bits per heavy atom. The molecule has 0 amide bonds. The third-order valence-electron chi connectivity index (χ3n) is 1.62. The molecule has 0 unspecified atom stereocenters. The number of aromatic nitrogens is 1. The first-order valence-electron chi connectivity index (χ1n) is 4.13. The molecule has 0 fully saturated rings. The Labute approximate surface area is 110 Å². The van der Waals surface area contributed by atoms with Gasteiger partial charge in [-0.1, -0.05) is 27.5 Å². The van der Waals surface area contributed by atoms with Crippen LogP contribution in [0.15, 0.2) is 6.07 Å². The molecule has 1 heterocycles. The molecule has 0 aliphatic heterocycles. The first-order valence-corrected chi connectivity index (χ1v) is 5.63. The van der Waals surface area contributed by atoms with Crippen LogP contribution in [-0.2, 0) is 11.5 Å². The number of rotatable bonds is 2. The predicted molar refractivity (Wildman–Crippen MR) is 53.6 cm³/mol. The standard InChI is InChI=1S/C8H3BrClF6NO/c9-2-3-1-4(10)5(7(11,12)13)6(17-3)18-8(14,15)16/h1H,2H2. The lowest BCUT2D eigenvalue weighted by molar-refractivity contribution is -0.277. The highest BCUT2D eigenvalue weighted by Gasteiger charge is 2.42. The van der Waals surface area contributed by atoms with Gasteiger partial charge < -0.3 is 4.74 Å². The van der Waals surface area contributed by atoms with Crippen LogP contribution < -0.4 is 4.74 Å². The van der Waals surface area contributed by atoms with Crippen molar-refractivity contribution in [2.24, 2.45) is 0 Å². The summed E-state index contributed by atoms with van der Waals surface area (Å²) in [4.78, 5) is 3.11. The third-order valence-corrected chi connectivity index (χ3v) is 2.50. The third kappa shape index (κ3) is 3.91. The second-order valence-corrected chi connectivity index (χ2v) is 3.92. The summed E-state index contributed by atoms with van der Waals surface area (Å²) >= 11 is 8.14. The fraction of sp³-hybridized carbons (Fsp3) is 0.375. The molecule has 0 saturated carbocycles. The number of nitrogens with zero attached hydrogens (tertiary/aromatic N) is 1. The van der Waals surface area contributed by atoms with Gasteiger partial charge in [-0.15, -0.1) is 13.2 Å². The Morgan fingerprint density at radius 1 is 1.22 bits per heavy atom. The van der Waals surface area contributed by atoms with Gasteiger partial charge in [-0.25, -0.2) is 4.98 Å².